The third-order valence-electron chi connectivity index (χ3n) is 5.63. The van der Waals surface area contributed by atoms with Crippen LogP contribution in [0.3, 0.4) is 0 Å². The lowest BCUT2D eigenvalue weighted by atomic mass is 9.99. The van der Waals surface area contributed by atoms with Crippen LogP contribution in [0.5, 0.6) is 0 Å². The van der Waals surface area contributed by atoms with Crippen LogP contribution in [-0.4, -0.2) is 64.3 Å². The first-order valence-corrected chi connectivity index (χ1v) is 11.5. The molecule has 0 bridgehead atoms. The molecule has 0 radical (unpaired) electrons. The number of unbranched alkanes of at least 4 members (excludes halogenated alkanes) is 13. The van der Waals surface area contributed by atoms with Gasteiger partial charge in [-0.15, -0.1) is 0 Å². The fraction of sp³-hybridized carbons (Fsp3) is 1.00. The maximum absolute atomic E-state index is 9.89. The van der Waals surface area contributed by atoms with Crippen LogP contribution in [0.15, 0.2) is 0 Å². The second kappa shape index (κ2) is 16.5. The van der Waals surface area contributed by atoms with E-state index in [0.29, 0.717) is 6.61 Å². The molecule has 1 saturated heterocycles. The Bertz CT molecular complexity index is 352. The van der Waals surface area contributed by atoms with Crippen LogP contribution < -0.4 is 0 Å². The van der Waals surface area contributed by atoms with Crippen molar-refractivity contribution in [1.29, 1.82) is 0 Å². The van der Waals surface area contributed by atoms with Gasteiger partial charge in [0.15, 0.2) is 6.29 Å². The van der Waals surface area contributed by atoms with Crippen LogP contribution in [-0.2, 0) is 9.47 Å². The Balaban J connectivity index is 1.90. The molecule has 4 N–H and O–H groups in total. The van der Waals surface area contributed by atoms with E-state index in [4.69, 9.17) is 14.6 Å². The molecular weight excluding hydrogens is 360 g/mol. The maximum Gasteiger partial charge on any atom is 0.186 e. The summed E-state index contributed by atoms with van der Waals surface area (Å²) in [5.41, 5.74) is 0. The van der Waals surface area contributed by atoms with E-state index >= 15 is 0 Å². The number of aliphatic hydroxyl groups excluding tert-OH is 4. The summed E-state index contributed by atoms with van der Waals surface area (Å²) in [5.74, 6) is 0. The van der Waals surface area contributed by atoms with Crippen LogP contribution in [0, 0.1) is 0 Å². The molecular formula is C22H44O6. The second-order valence-electron chi connectivity index (χ2n) is 8.16. The molecule has 1 aliphatic heterocycles. The van der Waals surface area contributed by atoms with Crippen molar-refractivity contribution in [2.75, 3.05) is 13.2 Å². The van der Waals surface area contributed by atoms with Gasteiger partial charge in [-0.3, -0.25) is 0 Å². The van der Waals surface area contributed by atoms with Crippen LogP contribution in [0.2, 0.25) is 0 Å². The van der Waals surface area contributed by atoms with Gasteiger partial charge in [0.1, 0.15) is 24.4 Å². The first kappa shape index (κ1) is 25.8. The van der Waals surface area contributed by atoms with Crippen molar-refractivity contribution in [2.24, 2.45) is 0 Å². The molecule has 0 aromatic carbocycles. The predicted octanol–water partition coefficient (Wildman–Crippen LogP) is 3.28. The molecule has 0 aromatic rings. The number of hydrogen-bond acceptors (Lipinski definition) is 6. The number of aliphatic hydroxyl groups is 4. The Morgan fingerprint density at radius 3 is 1.57 bits per heavy atom. The number of rotatable bonds is 17. The zero-order chi connectivity index (χ0) is 20.6. The largest absolute Gasteiger partial charge is 0.394 e. The standard InChI is InChI=1S/C22H44O6/c1-2-3-4-5-6-7-8-9-10-11-12-13-14-15-16-27-22-21(26)20(25)19(24)18(17-23)28-22/h18-26H,2-17H2,1H3/t18-,19-,20-,21-,22?/m0/s1. The minimum atomic E-state index is -1.37. The van der Waals surface area contributed by atoms with Crippen molar-refractivity contribution in [3.63, 3.8) is 0 Å². The van der Waals surface area contributed by atoms with Gasteiger partial charge < -0.3 is 29.9 Å². The topological polar surface area (TPSA) is 99.4 Å². The molecule has 1 heterocycles. The summed E-state index contributed by atoms with van der Waals surface area (Å²) in [5, 5.41) is 38.5. The summed E-state index contributed by atoms with van der Waals surface area (Å²) in [6, 6.07) is 0. The van der Waals surface area contributed by atoms with Gasteiger partial charge in [-0.25, -0.2) is 0 Å². The Labute approximate surface area is 171 Å². The predicted molar refractivity (Wildman–Crippen MR) is 110 cm³/mol. The summed E-state index contributed by atoms with van der Waals surface area (Å²) in [7, 11) is 0. The molecule has 0 aromatic heterocycles. The van der Waals surface area contributed by atoms with Crippen molar-refractivity contribution < 1.29 is 29.9 Å². The molecule has 5 atom stereocenters. The molecule has 1 rings (SSSR count). The molecule has 1 unspecified atom stereocenters. The lowest BCUT2D eigenvalue weighted by Gasteiger charge is -2.39. The zero-order valence-corrected chi connectivity index (χ0v) is 17.8. The fourth-order valence-corrected chi connectivity index (χ4v) is 3.70. The molecule has 1 fully saturated rings. The minimum absolute atomic E-state index is 0.427. The highest BCUT2D eigenvalue weighted by Gasteiger charge is 2.43. The van der Waals surface area contributed by atoms with Gasteiger partial charge >= 0.3 is 0 Å². The summed E-state index contributed by atoms with van der Waals surface area (Å²) < 4.78 is 10.8. The monoisotopic (exact) mass is 404 g/mol. The minimum Gasteiger partial charge on any atom is -0.394 e. The van der Waals surface area contributed by atoms with Gasteiger partial charge in [0, 0.05) is 6.61 Å². The molecule has 168 valence electrons. The van der Waals surface area contributed by atoms with Gasteiger partial charge in [0.25, 0.3) is 0 Å². The quantitative estimate of drug-likeness (QED) is 0.278. The van der Waals surface area contributed by atoms with Gasteiger partial charge in [0.2, 0.25) is 0 Å². The molecule has 0 saturated carbocycles. The highest BCUT2D eigenvalue weighted by atomic mass is 16.7. The van der Waals surface area contributed by atoms with E-state index < -0.39 is 37.3 Å². The third-order valence-corrected chi connectivity index (χ3v) is 5.63. The first-order chi connectivity index (χ1) is 13.6. The van der Waals surface area contributed by atoms with Crippen LogP contribution in [0.1, 0.15) is 96.8 Å². The van der Waals surface area contributed by atoms with E-state index in [1.165, 1.54) is 77.0 Å². The Hall–Kier alpha value is -0.240. The van der Waals surface area contributed by atoms with Crippen molar-refractivity contribution in [3.8, 4) is 0 Å². The number of ether oxygens (including phenoxy) is 2. The van der Waals surface area contributed by atoms with Gasteiger partial charge in [0.05, 0.1) is 6.61 Å². The van der Waals surface area contributed by atoms with E-state index in [1.54, 1.807) is 0 Å². The lowest BCUT2D eigenvalue weighted by Crippen LogP contribution is -2.59. The van der Waals surface area contributed by atoms with Gasteiger partial charge in [-0.2, -0.15) is 0 Å². The van der Waals surface area contributed by atoms with Crippen molar-refractivity contribution in [3.05, 3.63) is 0 Å². The summed E-state index contributed by atoms with van der Waals surface area (Å²) in [4.78, 5) is 0. The highest BCUT2D eigenvalue weighted by molar-refractivity contribution is 4.88. The zero-order valence-electron chi connectivity index (χ0n) is 17.8. The summed E-state index contributed by atoms with van der Waals surface area (Å²) in [6.07, 6.45) is 12.1. The van der Waals surface area contributed by atoms with Crippen LogP contribution in [0.4, 0.5) is 0 Å². The fourth-order valence-electron chi connectivity index (χ4n) is 3.70. The summed E-state index contributed by atoms with van der Waals surface area (Å²) >= 11 is 0. The van der Waals surface area contributed by atoms with Crippen LogP contribution in [0.25, 0.3) is 0 Å². The number of hydrogen-bond donors (Lipinski definition) is 4. The van der Waals surface area contributed by atoms with Crippen molar-refractivity contribution in [2.45, 2.75) is 128 Å². The van der Waals surface area contributed by atoms with Gasteiger partial charge in [-0.1, -0.05) is 90.4 Å². The van der Waals surface area contributed by atoms with Crippen molar-refractivity contribution >= 4 is 0 Å². The maximum atomic E-state index is 9.89. The van der Waals surface area contributed by atoms with Crippen LogP contribution >= 0.6 is 0 Å². The average Bonchev–Trinajstić information content (AvgIpc) is 2.70. The van der Waals surface area contributed by atoms with Gasteiger partial charge in [-0.05, 0) is 6.42 Å². The molecule has 6 nitrogen and oxygen atoms in total. The molecule has 0 amide bonds. The third kappa shape index (κ3) is 10.5. The Morgan fingerprint density at radius 2 is 1.11 bits per heavy atom. The average molecular weight is 405 g/mol. The first-order valence-electron chi connectivity index (χ1n) is 11.5. The molecule has 28 heavy (non-hydrogen) atoms. The normalized spacial score (nSPS) is 28.0. The SMILES string of the molecule is CCCCCCCCCCCCCCCCOC1O[C@@H](CO)[C@H](O)[C@H](O)[C@@H]1O. The Kier molecular flexibility index (Phi) is 15.2. The van der Waals surface area contributed by atoms with E-state index in [0.717, 1.165) is 12.8 Å². The van der Waals surface area contributed by atoms with E-state index in [2.05, 4.69) is 6.92 Å². The van der Waals surface area contributed by atoms with Crippen molar-refractivity contribution in [1.82, 2.24) is 0 Å². The molecule has 0 spiro atoms. The Morgan fingerprint density at radius 1 is 0.643 bits per heavy atom. The van der Waals surface area contributed by atoms with E-state index in [9.17, 15) is 15.3 Å². The summed E-state index contributed by atoms with van der Waals surface area (Å²) in [6.45, 7) is 2.26. The molecule has 1 aliphatic rings. The highest BCUT2D eigenvalue weighted by Crippen LogP contribution is 2.22. The smallest absolute Gasteiger partial charge is 0.186 e. The second-order valence-corrected chi connectivity index (χ2v) is 8.16. The molecule has 0 aliphatic carbocycles. The van der Waals surface area contributed by atoms with E-state index in [1.807, 2.05) is 0 Å². The molecule has 6 heteroatoms. The lowest BCUT2D eigenvalue weighted by molar-refractivity contribution is -0.301. The van der Waals surface area contributed by atoms with E-state index in [-0.39, 0.29) is 0 Å².